The SMILES string of the molecule is CCOC(=O)Cc1cc(C#N)cc(CCl)c1C. The molecule has 0 atom stereocenters. The van der Waals surface area contributed by atoms with Crippen LogP contribution in [0.1, 0.15) is 29.2 Å². The first-order valence-corrected chi connectivity index (χ1v) is 5.89. The van der Waals surface area contributed by atoms with Crippen molar-refractivity contribution < 1.29 is 9.53 Å². The van der Waals surface area contributed by atoms with Crippen LogP contribution in [-0.2, 0) is 21.8 Å². The highest BCUT2D eigenvalue weighted by molar-refractivity contribution is 6.17. The van der Waals surface area contributed by atoms with Gasteiger partial charge in [-0.05, 0) is 42.7 Å². The number of halogens is 1. The van der Waals surface area contributed by atoms with Gasteiger partial charge in [-0.25, -0.2) is 0 Å². The van der Waals surface area contributed by atoms with Crippen LogP contribution in [0.25, 0.3) is 0 Å². The molecule has 0 spiro atoms. The summed E-state index contributed by atoms with van der Waals surface area (Å²) in [6.07, 6.45) is 0.180. The van der Waals surface area contributed by atoms with Gasteiger partial charge in [0.05, 0.1) is 24.7 Å². The number of esters is 1. The number of carbonyl (C=O) groups is 1. The third kappa shape index (κ3) is 3.47. The Morgan fingerprint density at radius 1 is 1.47 bits per heavy atom. The van der Waals surface area contributed by atoms with Crippen molar-refractivity contribution in [3.05, 3.63) is 34.4 Å². The van der Waals surface area contributed by atoms with Crippen LogP contribution in [0.3, 0.4) is 0 Å². The molecular formula is C13H14ClNO2. The summed E-state index contributed by atoms with van der Waals surface area (Å²) in [4.78, 5) is 11.4. The predicted molar refractivity (Wildman–Crippen MR) is 65.8 cm³/mol. The molecule has 0 aliphatic rings. The number of rotatable bonds is 4. The maximum absolute atomic E-state index is 11.4. The molecule has 4 heteroatoms. The first kappa shape index (κ1) is 13.5. The van der Waals surface area contributed by atoms with Crippen LogP contribution in [0.2, 0.25) is 0 Å². The molecule has 0 fully saturated rings. The molecule has 17 heavy (non-hydrogen) atoms. The van der Waals surface area contributed by atoms with E-state index in [2.05, 4.69) is 6.07 Å². The molecule has 0 bridgehead atoms. The van der Waals surface area contributed by atoms with Crippen molar-refractivity contribution in [2.75, 3.05) is 6.61 Å². The van der Waals surface area contributed by atoms with Gasteiger partial charge in [-0.1, -0.05) is 0 Å². The van der Waals surface area contributed by atoms with Gasteiger partial charge in [0, 0.05) is 5.88 Å². The summed E-state index contributed by atoms with van der Waals surface area (Å²) in [6.45, 7) is 4.02. The fraction of sp³-hybridized carbons (Fsp3) is 0.385. The normalized spacial score (nSPS) is 9.76. The van der Waals surface area contributed by atoms with Crippen molar-refractivity contribution in [3.63, 3.8) is 0 Å². The van der Waals surface area contributed by atoms with E-state index in [0.29, 0.717) is 18.1 Å². The van der Waals surface area contributed by atoms with E-state index in [9.17, 15) is 4.79 Å². The number of carbonyl (C=O) groups excluding carboxylic acids is 1. The fourth-order valence-corrected chi connectivity index (χ4v) is 1.87. The highest BCUT2D eigenvalue weighted by Crippen LogP contribution is 2.19. The zero-order valence-electron chi connectivity index (χ0n) is 9.92. The zero-order valence-corrected chi connectivity index (χ0v) is 10.7. The Labute approximate surface area is 106 Å². The molecule has 0 amide bonds. The van der Waals surface area contributed by atoms with Gasteiger partial charge in [-0.15, -0.1) is 11.6 Å². The summed E-state index contributed by atoms with van der Waals surface area (Å²) >= 11 is 5.81. The Kier molecular flexibility index (Phi) is 4.99. The van der Waals surface area contributed by atoms with Gasteiger partial charge in [0.25, 0.3) is 0 Å². The second-order valence-corrected chi connectivity index (χ2v) is 3.91. The molecule has 0 unspecified atom stereocenters. The van der Waals surface area contributed by atoms with Crippen molar-refractivity contribution in [1.82, 2.24) is 0 Å². The Morgan fingerprint density at radius 3 is 2.65 bits per heavy atom. The second-order valence-electron chi connectivity index (χ2n) is 3.65. The monoisotopic (exact) mass is 251 g/mol. The Hall–Kier alpha value is -1.53. The number of alkyl halides is 1. The van der Waals surface area contributed by atoms with Gasteiger partial charge >= 0.3 is 5.97 Å². The topological polar surface area (TPSA) is 50.1 Å². The van der Waals surface area contributed by atoms with E-state index in [1.54, 1.807) is 19.1 Å². The van der Waals surface area contributed by atoms with Crippen LogP contribution < -0.4 is 0 Å². The maximum Gasteiger partial charge on any atom is 0.310 e. The number of nitriles is 1. The van der Waals surface area contributed by atoms with E-state index in [0.717, 1.165) is 16.7 Å². The quantitative estimate of drug-likeness (QED) is 0.611. The summed E-state index contributed by atoms with van der Waals surface area (Å²) in [5.41, 5.74) is 3.15. The van der Waals surface area contributed by atoms with E-state index in [-0.39, 0.29) is 12.4 Å². The molecule has 0 aromatic heterocycles. The average molecular weight is 252 g/mol. The van der Waals surface area contributed by atoms with Crippen molar-refractivity contribution in [1.29, 1.82) is 5.26 Å². The molecule has 0 aliphatic heterocycles. The number of nitrogens with zero attached hydrogens (tertiary/aromatic N) is 1. The Morgan fingerprint density at radius 2 is 2.12 bits per heavy atom. The van der Waals surface area contributed by atoms with Crippen molar-refractivity contribution in [3.8, 4) is 6.07 Å². The Balaban J connectivity index is 3.06. The molecule has 0 heterocycles. The molecule has 0 N–H and O–H groups in total. The van der Waals surface area contributed by atoms with Gasteiger partial charge < -0.3 is 4.74 Å². The van der Waals surface area contributed by atoms with Crippen molar-refractivity contribution in [2.45, 2.75) is 26.1 Å². The highest BCUT2D eigenvalue weighted by atomic mass is 35.5. The van der Waals surface area contributed by atoms with Crippen LogP contribution in [-0.4, -0.2) is 12.6 Å². The lowest BCUT2D eigenvalue weighted by molar-refractivity contribution is -0.142. The molecule has 0 radical (unpaired) electrons. The maximum atomic E-state index is 11.4. The zero-order chi connectivity index (χ0) is 12.8. The molecule has 3 nitrogen and oxygen atoms in total. The van der Waals surface area contributed by atoms with E-state index < -0.39 is 0 Å². The van der Waals surface area contributed by atoms with Crippen molar-refractivity contribution >= 4 is 17.6 Å². The van der Waals surface area contributed by atoms with Crippen LogP contribution in [0.15, 0.2) is 12.1 Å². The van der Waals surface area contributed by atoms with Crippen molar-refractivity contribution in [2.24, 2.45) is 0 Å². The predicted octanol–water partition coefficient (Wildman–Crippen LogP) is 2.71. The molecule has 1 aromatic carbocycles. The minimum Gasteiger partial charge on any atom is -0.466 e. The minimum absolute atomic E-state index is 0.180. The summed E-state index contributed by atoms with van der Waals surface area (Å²) < 4.78 is 4.89. The molecule has 1 aromatic rings. The summed E-state index contributed by atoms with van der Waals surface area (Å²) in [5.74, 6) is 0.0446. The third-order valence-electron chi connectivity index (χ3n) is 2.54. The van der Waals surface area contributed by atoms with Crippen LogP contribution >= 0.6 is 11.6 Å². The summed E-state index contributed by atoms with van der Waals surface area (Å²) in [5, 5.41) is 8.90. The molecule has 0 saturated carbocycles. The lowest BCUT2D eigenvalue weighted by Crippen LogP contribution is -2.09. The minimum atomic E-state index is -0.286. The molecular weight excluding hydrogens is 238 g/mol. The first-order chi connectivity index (χ1) is 8.12. The van der Waals surface area contributed by atoms with Crippen LogP contribution in [0, 0.1) is 18.3 Å². The summed E-state index contributed by atoms with van der Waals surface area (Å²) in [6, 6.07) is 5.52. The lowest BCUT2D eigenvalue weighted by atomic mass is 9.98. The van der Waals surface area contributed by atoms with E-state index in [4.69, 9.17) is 21.6 Å². The number of ether oxygens (including phenoxy) is 1. The van der Waals surface area contributed by atoms with Gasteiger partial charge in [0.2, 0.25) is 0 Å². The van der Waals surface area contributed by atoms with E-state index in [1.807, 2.05) is 6.92 Å². The largest absolute Gasteiger partial charge is 0.466 e. The second kappa shape index (κ2) is 6.27. The Bertz CT molecular complexity index is 463. The van der Waals surface area contributed by atoms with E-state index >= 15 is 0 Å². The van der Waals surface area contributed by atoms with Crippen LogP contribution in [0.5, 0.6) is 0 Å². The molecule has 0 aliphatic carbocycles. The summed E-state index contributed by atoms with van der Waals surface area (Å²) in [7, 11) is 0. The molecule has 0 saturated heterocycles. The van der Waals surface area contributed by atoms with Gasteiger partial charge in [0.15, 0.2) is 0 Å². The smallest absolute Gasteiger partial charge is 0.310 e. The number of benzene rings is 1. The van der Waals surface area contributed by atoms with Gasteiger partial charge in [0.1, 0.15) is 0 Å². The number of hydrogen-bond donors (Lipinski definition) is 0. The van der Waals surface area contributed by atoms with Crippen LogP contribution in [0.4, 0.5) is 0 Å². The standard InChI is InChI=1S/C13H14ClNO2/c1-3-17-13(16)6-11-4-10(8-15)5-12(7-14)9(11)2/h4-5H,3,6-7H2,1-2H3. The van der Waals surface area contributed by atoms with Gasteiger partial charge in [-0.3, -0.25) is 4.79 Å². The highest BCUT2D eigenvalue weighted by Gasteiger charge is 2.11. The third-order valence-corrected chi connectivity index (χ3v) is 2.82. The average Bonchev–Trinajstić information content (AvgIpc) is 2.32. The first-order valence-electron chi connectivity index (χ1n) is 5.36. The molecule has 90 valence electrons. The lowest BCUT2D eigenvalue weighted by Gasteiger charge is -2.10. The molecule has 1 rings (SSSR count). The van der Waals surface area contributed by atoms with E-state index in [1.165, 1.54) is 0 Å². The van der Waals surface area contributed by atoms with Gasteiger partial charge in [-0.2, -0.15) is 5.26 Å². The number of hydrogen-bond acceptors (Lipinski definition) is 3. The fourth-order valence-electron chi connectivity index (χ4n) is 1.59.